The molecule has 0 amide bonds. The van der Waals surface area contributed by atoms with Gasteiger partial charge in [-0.15, -0.1) is 11.8 Å². The molecule has 0 radical (unpaired) electrons. The zero-order chi connectivity index (χ0) is 12.3. The first-order chi connectivity index (χ1) is 8.15. The molecule has 0 saturated heterocycles. The fourth-order valence-corrected chi connectivity index (χ4v) is 3.78. The van der Waals surface area contributed by atoms with Gasteiger partial charge in [0.15, 0.2) is 0 Å². The lowest BCUT2D eigenvalue weighted by atomic mass is 9.91. The molecule has 1 aliphatic carbocycles. The van der Waals surface area contributed by atoms with E-state index < -0.39 is 6.10 Å². The lowest BCUT2D eigenvalue weighted by Crippen LogP contribution is -2.15. The summed E-state index contributed by atoms with van der Waals surface area (Å²) < 4.78 is 0. The van der Waals surface area contributed by atoms with Gasteiger partial charge in [0, 0.05) is 11.4 Å². The van der Waals surface area contributed by atoms with Gasteiger partial charge in [0.1, 0.15) is 0 Å². The maximum Gasteiger partial charge on any atom is 0.0966 e. The minimum Gasteiger partial charge on any atom is -0.389 e. The van der Waals surface area contributed by atoms with E-state index in [2.05, 4.69) is 11.9 Å². The number of aliphatic hydroxyl groups is 1. The molecule has 0 aliphatic heterocycles. The lowest BCUT2D eigenvalue weighted by molar-refractivity contribution is 0.199. The maximum absolute atomic E-state index is 9.56. The number of hydrogen-bond acceptors (Lipinski definition) is 3. The van der Waals surface area contributed by atoms with Crippen molar-refractivity contribution in [3.05, 3.63) is 23.9 Å². The van der Waals surface area contributed by atoms with E-state index in [0.717, 1.165) is 16.5 Å². The minimum atomic E-state index is -0.400. The van der Waals surface area contributed by atoms with Crippen molar-refractivity contribution < 1.29 is 5.11 Å². The quantitative estimate of drug-likeness (QED) is 0.887. The summed E-state index contributed by atoms with van der Waals surface area (Å²) >= 11 is 1.88. The molecule has 1 aliphatic rings. The molecule has 2 unspecified atom stereocenters. The van der Waals surface area contributed by atoms with Crippen molar-refractivity contribution in [2.75, 3.05) is 0 Å². The Balaban J connectivity index is 2.00. The molecule has 94 valence electrons. The summed E-state index contributed by atoms with van der Waals surface area (Å²) in [5, 5.41) is 11.3. The van der Waals surface area contributed by atoms with Crippen LogP contribution in [0.5, 0.6) is 0 Å². The monoisotopic (exact) mass is 251 g/mol. The molecule has 2 rings (SSSR count). The van der Waals surface area contributed by atoms with Crippen LogP contribution in [0.2, 0.25) is 0 Å². The highest BCUT2D eigenvalue weighted by molar-refractivity contribution is 7.99. The van der Waals surface area contributed by atoms with E-state index in [1.54, 1.807) is 13.1 Å². The van der Waals surface area contributed by atoms with E-state index in [4.69, 9.17) is 0 Å². The summed E-state index contributed by atoms with van der Waals surface area (Å²) in [6, 6.07) is 3.91. The zero-order valence-electron chi connectivity index (χ0n) is 10.6. The van der Waals surface area contributed by atoms with Gasteiger partial charge in [-0.3, -0.25) is 0 Å². The molecule has 1 saturated carbocycles. The van der Waals surface area contributed by atoms with Gasteiger partial charge < -0.3 is 5.11 Å². The van der Waals surface area contributed by atoms with Crippen LogP contribution in [0.1, 0.15) is 51.2 Å². The van der Waals surface area contributed by atoms with Gasteiger partial charge in [0.05, 0.1) is 11.1 Å². The summed E-state index contributed by atoms with van der Waals surface area (Å²) in [7, 11) is 0. The third kappa shape index (κ3) is 3.71. The number of nitrogens with zero attached hydrogens (tertiary/aromatic N) is 1. The summed E-state index contributed by atoms with van der Waals surface area (Å²) in [5.41, 5.74) is 0.964. The first-order valence-electron chi connectivity index (χ1n) is 6.46. The summed E-state index contributed by atoms with van der Waals surface area (Å²) in [5.74, 6) is 0.848. The molecule has 17 heavy (non-hydrogen) atoms. The van der Waals surface area contributed by atoms with Crippen LogP contribution in [-0.2, 0) is 0 Å². The van der Waals surface area contributed by atoms with Crippen molar-refractivity contribution >= 4 is 11.8 Å². The van der Waals surface area contributed by atoms with Crippen molar-refractivity contribution in [2.24, 2.45) is 5.92 Å². The van der Waals surface area contributed by atoms with E-state index in [1.165, 1.54) is 25.7 Å². The lowest BCUT2D eigenvalue weighted by Gasteiger charge is -2.25. The van der Waals surface area contributed by atoms with Crippen LogP contribution in [0.25, 0.3) is 0 Å². The van der Waals surface area contributed by atoms with Crippen LogP contribution in [-0.4, -0.2) is 15.3 Å². The molecule has 1 N–H and O–H groups in total. The zero-order valence-corrected chi connectivity index (χ0v) is 11.4. The first kappa shape index (κ1) is 12.9. The highest BCUT2D eigenvalue weighted by atomic mass is 32.2. The molecule has 2 nitrogen and oxygen atoms in total. The van der Waals surface area contributed by atoms with Gasteiger partial charge >= 0.3 is 0 Å². The second-order valence-electron chi connectivity index (χ2n) is 5.12. The van der Waals surface area contributed by atoms with E-state index in [-0.39, 0.29) is 0 Å². The van der Waals surface area contributed by atoms with Crippen molar-refractivity contribution in [3.8, 4) is 0 Å². The van der Waals surface area contributed by atoms with Crippen molar-refractivity contribution in [1.29, 1.82) is 0 Å². The fourth-order valence-electron chi connectivity index (χ4n) is 2.41. The number of rotatable bonds is 3. The fraction of sp³-hybridized carbons (Fsp3) is 0.643. The molecule has 1 fully saturated rings. The van der Waals surface area contributed by atoms with E-state index in [0.29, 0.717) is 5.25 Å². The highest BCUT2D eigenvalue weighted by Gasteiger charge is 2.20. The number of aliphatic hydroxyl groups excluding tert-OH is 1. The third-order valence-electron chi connectivity index (χ3n) is 3.42. The number of thioether (sulfide) groups is 1. The second kappa shape index (κ2) is 5.87. The second-order valence-corrected chi connectivity index (χ2v) is 6.44. The van der Waals surface area contributed by atoms with Crippen LogP contribution < -0.4 is 0 Å². The van der Waals surface area contributed by atoms with E-state index in [1.807, 2.05) is 23.9 Å². The van der Waals surface area contributed by atoms with Crippen LogP contribution >= 0.6 is 11.8 Å². The van der Waals surface area contributed by atoms with E-state index >= 15 is 0 Å². The van der Waals surface area contributed by atoms with Crippen LogP contribution in [0.15, 0.2) is 23.4 Å². The van der Waals surface area contributed by atoms with Crippen LogP contribution in [0.4, 0.5) is 0 Å². The molecule has 0 spiro atoms. The number of aromatic nitrogens is 1. The minimum absolute atomic E-state index is 0.400. The van der Waals surface area contributed by atoms with Gasteiger partial charge in [0.2, 0.25) is 0 Å². The van der Waals surface area contributed by atoms with Crippen LogP contribution in [0.3, 0.4) is 0 Å². The van der Waals surface area contributed by atoms with Crippen molar-refractivity contribution in [1.82, 2.24) is 4.98 Å². The molecule has 1 aromatic rings. The van der Waals surface area contributed by atoms with Gasteiger partial charge in [-0.25, -0.2) is 4.98 Å². The Hall–Kier alpha value is -0.540. The SMILES string of the molecule is CC1CCCC(Sc2cc([C@@H](C)O)ccn2)C1. The Morgan fingerprint density at radius 1 is 1.47 bits per heavy atom. The number of hydrogen-bond donors (Lipinski definition) is 1. The Labute approximate surface area is 108 Å². The Morgan fingerprint density at radius 2 is 2.29 bits per heavy atom. The molecule has 1 heterocycles. The molecule has 0 bridgehead atoms. The summed E-state index contributed by atoms with van der Waals surface area (Å²) in [6.07, 6.45) is 6.72. The van der Waals surface area contributed by atoms with E-state index in [9.17, 15) is 5.11 Å². The molecule has 1 aromatic heterocycles. The standard InChI is InChI=1S/C14H21NOS/c1-10-4-3-5-13(8-10)17-14-9-12(11(2)16)6-7-15-14/h6-7,9-11,13,16H,3-5,8H2,1-2H3/t10?,11-,13?/m1/s1. The van der Waals surface area contributed by atoms with Crippen molar-refractivity contribution in [2.45, 2.75) is 55.9 Å². The van der Waals surface area contributed by atoms with Crippen LogP contribution in [0, 0.1) is 5.92 Å². The normalized spacial score (nSPS) is 26.8. The smallest absolute Gasteiger partial charge is 0.0966 e. The predicted octanol–water partition coefficient (Wildman–Crippen LogP) is 3.81. The Kier molecular flexibility index (Phi) is 4.46. The van der Waals surface area contributed by atoms with Gasteiger partial charge in [0.25, 0.3) is 0 Å². The Morgan fingerprint density at radius 3 is 3.00 bits per heavy atom. The first-order valence-corrected chi connectivity index (χ1v) is 7.34. The number of pyridine rings is 1. The Bertz CT molecular complexity index is 367. The van der Waals surface area contributed by atoms with Gasteiger partial charge in [-0.05, 0) is 43.4 Å². The average molecular weight is 251 g/mol. The summed E-state index contributed by atoms with van der Waals surface area (Å²) in [4.78, 5) is 4.39. The topological polar surface area (TPSA) is 33.1 Å². The molecular formula is C14H21NOS. The molecule has 3 atom stereocenters. The average Bonchev–Trinajstić information content (AvgIpc) is 2.29. The third-order valence-corrected chi connectivity index (χ3v) is 4.64. The van der Waals surface area contributed by atoms with Gasteiger partial charge in [-0.1, -0.05) is 19.8 Å². The van der Waals surface area contributed by atoms with Crippen molar-refractivity contribution in [3.63, 3.8) is 0 Å². The highest BCUT2D eigenvalue weighted by Crippen LogP contribution is 2.35. The molecular weight excluding hydrogens is 230 g/mol. The predicted molar refractivity (Wildman–Crippen MR) is 72.1 cm³/mol. The molecule has 3 heteroatoms. The largest absolute Gasteiger partial charge is 0.389 e. The van der Waals surface area contributed by atoms with Gasteiger partial charge in [-0.2, -0.15) is 0 Å². The molecule has 0 aromatic carbocycles. The maximum atomic E-state index is 9.56. The summed E-state index contributed by atoms with van der Waals surface area (Å²) in [6.45, 7) is 4.14.